The lowest BCUT2D eigenvalue weighted by Crippen LogP contribution is -2.28. The van der Waals surface area contributed by atoms with Crippen LogP contribution in [0.3, 0.4) is 0 Å². The second-order valence-electron chi connectivity index (χ2n) is 5.35. The summed E-state index contributed by atoms with van der Waals surface area (Å²) >= 11 is 3.17. The molecular formula is C17H14BrFN2O2. The molecule has 1 heterocycles. The van der Waals surface area contributed by atoms with E-state index in [2.05, 4.69) is 21.2 Å². The van der Waals surface area contributed by atoms with Crippen molar-refractivity contribution in [2.24, 2.45) is 5.92 Å². The number of nitrogens with one attached hydrogen (secondary N) is 1. The largest absolute Gasteiger partial charge is 0.323 e. The zero-order valence-corrected chi connectivity index (χ0v) is 13.7. The fourth-order valence-electron chi connectivity index (χ4n) is 2.57. The van der Waals surface area contributed by atoms with Gasteiger partial charge in [-0.15, -0.1) is 0 Å². The van der Waals surface area contributed by atoms with E-state index >= 15 is 0 Å². The first-order chi connectivity index (χ1) is 11.0. The molecule has 23 heavy (non-hydrogen) atoms. The van der Waals surface area contributed by atoms with Crippen molar-refractivity contribution in [3.63, 3.8) is 0 Å². The maximum Gasteiger partial charge on any atom is 0.229 e. The first-order valence-electron chi connectivity index (χ1n) is 7.16. The first kappa shape index (κ1) is 15.7. The lowest BCUT2D eigenvalue weighted by molar-refractivity contribution is -0.122. The van der Waals surface area contributed by atoms with Gasteiger partial charge in [-0.25, -0.2) is 4.39 Å². The summed E-state index contributed by atoms with van der Waals surface area (Å²) in [6.45, 7) is 0.298. The van der Waals surface area contributed by atoms with E-state index < -0.39 is 11.7 Å². The fourth-order valence-corrected chi connectivity index (χ4v) is 2.90. The molecule has 1 saturated heterocycles. The number of halogens is 2. The van der Waals surface area contributed by atoms with Gasteiger partial charge >= 0.3 is 0 Å². The van der Waals surface area contributed by atoms with E-state index in [9.17, 15) is 14.0 Å². The summed E-state index contributed by atoms with van der Waals surface area (Å²) in [4.78, 5) is 26.0. The highest BCUT2D eigenvalue weighted by Gasteiger charge is 2.35. The van der Waals surface area contributed by atoms with Crippen LogP contribution in [0.4, 0.5) is 15.8 Å². The Kier molecular flexibility index (Phi) is 4.43. The number of para-hydroxylation sites is 1. The minimum absolute atomic E-state index is 0.104. The third-order valence-electron chi connectivity index (χ3n) is 3.75. The topological polar surface area (TPSA) is 49.4 Å². The Morgan fingerprint density at radius 2 is 1.96 bits per heavy atom. The van der Waals surface area contributed by atoms with Gasteiger partial charge in [-0.05, 0) is 30.3 Å². The number of benzene rings is 2. The van der Waals surface area contributed by atoms with E-state index in [-0.39, 0.29) is 23.9 Å². The van der Waals surface area contributed by atoms with Crippen molar-refractivity contribution in [1.29, 1.82) is 0 Å². The lowest BCUT2D eigenvalue weighted by atomic mass is 10.1. The molecule has 1 N–H and O–H groups in total. The van der Waals surface area contributed by atoms with Crippen LogP contribution in [0.15, 0.2) is 53.0 Å². The lowest BCUT2D eigenvalue weighted by Gasteiger charge is -2.16. The van der Waals surface area contributed by atoms with E-state index in [1.165, 1.54) is 12.1 Å². The van der Waals surface area contributed by atoms with Crippen LogP contribution < -0.4 is 10.2 Å². The number of nitrogens with zero attached hydrogens (tertiary/aromatic N) is 1. The number of anilines is 2. The molecule has 0 unspecified atom stereocenters. The van der Waals surface area contributed by atoms with Gasteiger partial charge in [0.1, 0.15) is 5.82 Å². The van der Waals surface area contributed by atoms with Crippen LogP contribution in [0.5, 0.6) is 0 Å². The Balaban J connectivity index is 1.71. The summed E-state index contributed by atoms with van der Waals surface area (Å²) < 4.78 is 14.4. The zero-order valence-electron chi connectivity index (χ0n) is 12.1. The highest BCUT2D eigenvalue weighted by molar-refractivity contribution is 9.10. The van der Waals surface area contributed by atoms with Gasteiger partial charge in [0.25, 0.3) is 0 Å². The molecule has 0 aliphatic carbocycles. The quantitative estimate of drug-likeness (QED) is 0.889. The number of carbonyl (C=O) groups excluding carboxylic acids is 2. The van der Waals surface area contributed by atoms with Gasteiger partial charge in [0, 0.05) is 23.1 Å². The van der Waals surface area contributed by atoms with Gasteiger partial charge in [-0.1, -0.05) is 34.1 Å². The van der Waals surface area contributed by atoms with Crippen molar-refractivity contribution in [2.45, 2.75) is 6.42 Å². The molecule has 1 fully saturated rings. The summed E-state index contributed by atoms with van der Waals surface area (Å²) in [5.41, 5.74) is 0.881. The van der Waals surface area contributed by atoms with Gasteiger partial charge < -0.3 is 10.2 Å². The molecule has 0 aromatic heterocycles. The molecule has 1 aliphatic rings. The number of carbonyl (C=O) groups is 2. The number of hydrogen-bond acceptors (Lipinski definition) is 2. The number of rotatable bonds is 3. The monoisotopic (exact) mass is 376 g/mol. The van der Waals surface area contributed by atoms with Gasteiger partial charge in [0.15, 0.2) is 0 Å². The van der Waals surface area contributed by atoms with Crippen LogP contribution in [-0.4, -0.2) is 18.4 Å². The average molecular weight is 377 g/mol. The van der Waals surface area contributed by atoms with Gasteiger partial charge in [0.2, 0.25) is 11.8 Å². The molecular weight excluding hydrogens is 363 g/mol. The highest BCUT2D eigenvalue weighted by atomic mass is 79.9. The van der Waals surface area contributed by atoms with Crippen molar-refractivity contribution in [2.75, 3.05) is 16.8 Å². The predicted molar refractivity (Wildman–Crippen MR) is 89.6 cm³/mol. The van der Waals surface area contributed by atoms with E-state index in [1.54, 1.807) is 11.0 Å². The van der Waals surface area contributed by atoms with Crippen LogP contribution in [0, 0.1) is 11.7 Å². The summed E-state index contributed by atoms with van der Waals surface area (Å²) in [6, 6.07) is 13.6. The van der Waals surface area contributed by atoms with Crippen LogP contribution in [0.2, 0.25) is 0 Å². The molecule has 1 aliphatic heterocycles. The molecule has 0 spiro atoms. The molecule has 1 atom stereocenters. The molecule has 0 bridgehead atoms. The molecule has 2 aromatic carbocycles. The smallest absolute Gasteiger partial charge is 0.229 e. The third-order valence-corrected chi connectivity index (χ3v) is 4.25. The maximum absolute atomic E-state index is 13.8. The maximum atomic E-state index is 13.8. The number of hydrogen-bond donors (Lipinski definition) is 1. The summed E-state index contributed by atoms with van der Waals surface area (Å²) in [5, 5.41) is 2.56. The van der Waals surface area contributed by atoms with Crippen LogP contribution >= 0.6 is 15.9 Å². The van der Waals surface area contributed by atoms with Gasteiger partial charge in [0.05, 0.1) is 11.6 Å². The molecule has 118 valence electrons. The van der Waals surface area contributed by atoms with Gasteiger partial charge in [-0.2, -0.15) is 0 Å². The Hall–Kier alpha value is -2.21. The third kappa shape index (κ3) is 3.42. The van der Waals surface area contributed by atoms with E-state index in [0.29, 0.717) is 11.0 Å². The Morgan fingerprint density at radius 3 is 2.65 bits per heavy atom. The van der Waals surface area contributed by atoms with Crippen LogP contribution in [0.25, 0.3) is 0 Å². The van der Waals surface area contributed by atoms with E-state index in [1.807, 2.05) is 30.3 Å². The molecule has 6 heteroatoms. The minimum Gasteiger partial charge on any atom is -0.323 e. The molecule has 0 saturated carbocycles. The summed E-state index contributed by atoms with van der Waals surface area (Å²) in [7, 11) is 0. The molecule has 3 rings (SSSR count). The Bertz CT molecular complexity index is 752. The SMILES string of the molecule is O=C(Nc1ccc(Br)cc1F)[C@H]1CC(=O)N(c2ccccc2)C1. The fraction of sp³-hybridized carbons (Fsp3) is 0.176. The van der Waals surface area contributed by atoms with Crippen LogP contribution in [-0.2, 0) is 9.59 Å². The predicted octanol–water partition coefficient (Wildman–Crippen LogP) is 3.58. The molecule has 2 aromatic rings. The second kappa shape index (κ2) is 6.50. The van der Waals surface area contributed by atoms with Crippen molar-refractivity contribution in [3.8, 4) is 0 Å². The van der Waals surface area contributed by atoms with Crippen molar-refractivity contribution >= 4 is 39.1 Å². The summed E-state index contributed by atoms with van der Waals surface area (Å²) in [5.74, 6) is -1.46. The minimum atomic E-state index is -0.517. The standard InChI is InChI=1S/C17H14BrFN2O2/c18-12-6-7-15(14(19)9-12)20-17(23)11-8-16(22)21(10-11)13-4-2-1-3-5-13/h1-7,9,11H,8,10H2,(H,20,23)/t11-/m0/s1. The van der Waals surface area contributed by atoms with Crippen LogP contribution in [0.1, 0.15) is 6.42 Å². The first-order valence-corrected chi connectivity index (χ1v) is 7.95. The second-order valence-corrected chi connectivity index (χ2v) is 6.27. The van der Waals surface area contributed by atoms with E-state index in [4.69, 9.17) is 0 Å². The van der Waals surface area contributed by atoms with Crippen molar-refractivity contribution < 1.29 is 14.0 Å². The molecule has 4 nitrogen and oxygen atoms in total. The Morgan fingerprint density at radius 1 is 1.22 bits per heavy atom. The van der Waals surface area contributed by atoms with Gasteiger partial charge in [-0.3, -0.25) is 9.59 Å². The zero-order chi connectivity index (χ0) is 16.4. The average Bonchev–Trinajstić information content (AvgIpc) is 2.93. The molecule has 0 radical (unpaired) electrons. The van der Waals surface area contributed by atoms with E-state index in [0.717, 1.165) is 5.69 Å². The normalized spacial score (nSPS) is 17.4. The number of amides is 2. The Labute approximate surface area is 141 Å². The highest BCUT2D eigenvalue weighted by Crippen LogP contribution is 2.26. The van der Waals surface area contributed by atoms with Crippen molar-refractivity contribution in [1.82, 2.24) is 0 Å². The summed E-state index contributed by atoms with van der Waals surface area (Å²) in [6.07, 6.45) is 0.124. The molecule has 2 amide bonds. The van der Waals surface area contributed by atoms with Crippen molar-refractivity contribution in [3.05, 3.63) is 58.8 Å².